The number of phenolic OH excluding ortho intramolecular Hbond substituents is 2. The molecule has 0 aliphatic heterocycles. The van der Waals surface area contributed by atoms with E-state index < -0.39 is 10.9 Å². The van der Waals surface area contributed by atoms with Crippen molar-refractivity contribution in [1.29, 1.82) is 0 Å². The lowest BCUT2D eigenvalue weighted by Gasteiger charge is -2.33. The third-order valence-corrected chi connectivity index (χ3v) is 10.7. The van der Waals surface area contributed by atoms with Crippen LogP contribution in [0, 0.1) is 0 Å². The zero-order valence-electron chi connectivity index (χ0n) is 27.7. The monoisotopic (exact) mass is 572 g/mol. The van der Waals surface area contributed by atoms with Crippen LogP contribution in [0.15, 0.2) is 24.3 Å². The molecule has 0 bridgehead atoms. The Labute approximate surface area is 247 Å². The molecule has 0 heterocycles. The smallest absolute Gasteiger partial charge is 0.312 e. The van der Waals surface area contributed by atoms with E-state index in [9.17, 15) is 15.0 Å². The maximum Gasteiger partial charge on any atom is 0.312 e. The SMILES string of the molecule is CC[SH](CC)C(CC(=O)Oc1cc(C(C)(C)C)c(O)c(C(C)(C)C)c1)c1cc(C(C)(C)C)c(O)c(C(C)(C)C)c1. The van der Waals surface area contributed by atoms with E-state index in [0.717, 1.165) is 39.3 Å². The first-order valence-corrected chi connectivity index (χ1v) is 16.5. The van der Waals surface area contributed by atoms with Gasteiger partial charge in [-0.05, 0) is 62.0 Å². The molecule has 4 nitrogen and oxygen atoms in total. The van der Waals surface area contributed by atoms with Gasteiger partial charge in [-0.3, -0.25) is 4.79 Å². The molecule has 40 heavy (non-hydrogen) atoms. The molecule has 1 unspecified atom stereocenters. The summed E-state index contributed by atoms with van der Waals surface area (Å²) < 4.78 is 6.06. The van der Waals surface area contributed by atoms with E-state index >= 15 is 0 Å². The Morgan fingerprint density at radius 1 is 0.675 bits per heavy atom. The van der Waals surface area contributed by atoms with E-state index in [1.54, 1.807) is 0 Å². The van der Waals surface area contributed by atoms with Gasteiger partial charge in [0.15, 0.2) is 0 Å². The van der Waals surface area contributed by atoms with Crippen molar-refractivity contribution in [3.05, 3.63) is 52.1 Å². The van der Waals surface area contributed by atoms with Crippen molar-refractivity contribution in [2.75, 3.05) is 11.5 Å². The van der Waals surface area contributed by atoms with Crippen LogP contribution in [0.2, 0.25) is 0 Å². The van der Waals surface area contributed by atoms with Crippen molar-refractivity contribution in [3.8, 4) is 17.2 Å². The predicted octanol–water partition coefficient (Wildman–Crippen LogP) is 9.37. The van der Waals surface area contributed by atoms with Gasteiger partial charge in [-0.1, -0.05) is 109 Å². The predicted molar refractivity (Wildman–Crippen MR) is 174 cm³/mol. The van der Waals surface area contributed by atoms with Crippen LogP contribution in [0.3, 0.4) is 0 Å². The minimum atomic E-state index is -0.486. The third kappa shape index (κ3) is 7.99. The first kappa shape index (κ1) is 34.1. The number of carbonyl (C=O) groups excluding carboxylic acids is 1. The highest BCUT2D eigenvalue weighted by molar-refractivity contribution is 8.17. The van der Waals surface area contributed by atoms with E-state index in [4.69, 9.17) is 4.74 Å². The van der Waals surface area contributed by atoms with Crippen molar-refractivity contribution in [1.82, 2.24) is 0 Å². The molecule has 2 rings (SSSR count). The summed E-state index contributed by atoms with van der Waals surface area (Å²) in [7, 11) is -0.486. The second kappa shape index (κ2) is 12.0. The molecule has 0 fully saturated rings. The summed E-state index contributed by atoms with van der Waals surface area (Å²) >= 11 is 0. The zero-order chi connectivity index (χ0) is 31.0. The summed E-state index contributed by atoms with van der Waals surface area (Å²) in [6.07, 6.45) is 0.266. The zero-order valence-corrected chi connectivity index (χ0v) is 28.6. The molecule has 226 valence electrons. The number of hydrogen-bond donors (Lipinski definition) is 3. The minimum absolute atomic E-state index is 0.0154. The van der Waals surface area contributed by atoms with Crippen molar-refractivity contribution >= 4 is 16.9 Å². The topological polar surface area (TPSA) is 66.8 Å². The Morgan fingerprint density at radius 3 is 1.30 bits per heavy atom. The maximum absolute atomic E-state index is 13.6. The fourth-order valence-corrected chi connectivity index (χ4v) is 7.56. The highest BCUT2D eigenvalue weighted by Crippen LogP contribution is 2.49. The van der Waals surface area contributed by atoms with Gasteiger partial charge in [0.2, 0.25) is 0 Å². The van der Waals surface area contributed by atoms with Crippen LogP contribution in [0.25, 0.3) is 0 Å². The molecule has 2 aromatic carbocycles. The number of hydrogen-bond acceptors (Lipinski definition) is 4. The standard InChI is InChI=1S/C35H56O4S/c1-15-40(16-2)28(22-17-24(32(3,4)5)30(37)25(18-22)33(6,7)8)21-29(36)39-23-19-26(34(9,10)11)31(38)27(20-23)35(12,13)14/h17-20,28,37-38,40H,15-16,21H2,1-14H3. The van der Waals surface area contributed by atoms with Crippen molar-refractivity contribution < 1.29 is 19.7 Å². The normalized spacial score (nSPS) is 14.2. The number of aromatic hydroxyl groups is 2. The molecule has 0 amide bonds. The fourth-order valence-electron chi connectivity index (χ4n) is 5.26. The average molecular weight is 573 g/mol. The summed E-state index contributed by atoms with van der Waals surface area (Å²) in [5, 5.41) is 22.4. The quantitative estimate of drug-likeness (QED) is 0.176. The second-order valence-electron chi connectivity index (χ2n) is 15.2. The number of benzene rings is 2. The van der Waals surface area contributed by atoms with Gasteiger partial charge in [0.25, 0.3) is 0 Å². The summed E-state index contributed by atoms with van der Waals surface area (Å²) in [5.74, 6) is 2.84. The van der Waals surface area contributed by atoms with Gasteiger partial charge < -0.3 is 14.9 Å². The van der Waals surface area contributed by atoms with E-state index in [1.807, 2.05) is 12.1 Å². The molecule has 5 heteroatoms. The van der Waals surface area contributed by atoms with Crippen LogP contribution in [-0.2, 0) is 26.5 Å². The van der Waals surface area contributed by atoms with E-state index in [-0.39, 0.29) is 45.0 Å². The Kier molecular flexibility index (Phi) is 10.2. The van der Waals surface area contributed by atoms with Crippen molar-refractivity contribution in [2.24, 2.45) is 0 Å². The highest BCUT2D eigenvalue weighted by Gasteiger charge is 2.31. The highest BCUT2D eigenvalue weighted by atomic mass is 32.2. The van der Waals surface area contributed by atoms with E-state index in [2.05, 4.69) is 109 Å². The summed E-state index contributed by atoms with van der Waals surface area (Å²) in [6, 6.07) is 7.88. The molecule has 0 aliphatic rings. The lowest BCUT2D eigenvalue weighted by atomic mass is 9.78. The largest absolute Gasteiger partial charge is 0.507 e. The van der Waals surface area contributed by atoms with Crippen molar-refractivity contribution in [2.45, 2.75) is 130 Å². The van der Waals surface area contributed by atoms with Gasteiger partial charge in [-0.2, -0.15) is 0 Å². The number of esters is 1. The number of ether oxygens (including phenoxy) is 1. The van der Waals surface area contributed by atoms with Crippen LogP contribution in [0.1, 0.15) is 136 Å². The molecular weight excluding hydrogens is 516 g/mol. The van der Waals surface area contributed by atoms with Crippen molar-refractivity contribution in [3.63, 3.8) is 0 Å². The third-order valence-electron chi connectivity index (χ3n) is 7.68. The van der Waals surface area contributed by atoms with Crippen LogP contribution < -0.4 is 4.74 Å². The molecule has 0 radical (unpaired) electrons. The molecule has 2 aromatic rings. The van der Waals surface area contributed by atoms with Gasteiger partial charge >= 0.3 is 5.97 Å². The first-order chi connectivity index (χ1) is 18.0. The second-order valence-corrected chi connectivity index (χ2v) is 18.3. The van der Waals surface area contributed by atoms with E-state index in [0.29, 0.717) is 11.5 Å². The molecule has 0 aromatic heterocycles. The lowest BCUT2D eigenvalue weighted by Crippen LogP contribution is -2.21. The van der Waals surface area contributed by atoms with Gasteiger partial charge in [-0.15, -0.1) is 0 Å². The Hall–Kier alpha value is -2.14. The lowest BCUT2D eigenvalue weighted by molar-refractivity contribution is -0.134. The summed E-state index contributed by atoms with van der Waals surface area (Å²) in [4.78, 5) is 13.6. The van der Waals surface area contributed by atoms with Gasteiger partial charge in [0.1, 0.15) is 17.2 Å². The molecule has 0 spiro atoms. The fraction of sp³-hybridized carbons (Fsp3) is 0.629. The molecule has 0 saturated carbocycles. The van der Waals surface area contributed by atoms with Gasteiger partial charge in [0, 0.05) is 16.4 Å². The Bertz CT molecular complexity index is 1130. The number of phenols is 2. The average Bonchev–Trinajstić information content (AvgIpc) is 2.77. The number of rotatable bonds is 7. The summed E-state index contributed by atoms with van der Waals surface area (Å²) in [6.45, 7) is 29.4. The van der Waals surface area contributed by atoms with Gasteiger partial charge in [-0.25, -0.2) is 10.9 Å². The molecule has 1 atom stereocenters. The van der Waals surface area contributed by atoms with Gasteiger partial charge in [0.05, 0.1) is 6.42 Å². The number of carbonyl (C=O) groups is 1. The molecule has 2 N–H and O–H groups in total. The summed E-state index contributed by atoms with van der Waals surface area (Å²) in [5.41, 5.74) is 3.36. The van der Waals surface area contributed by atoms with Crippen LogP contribution in [0.5, 0.6) is 17.2 Å². The Balaban J connectivity index is 2.63. The van der Waals surface area contributed by atoms with Crippen LogP contribution in [-0.4, -0.2) is 27.7 Å². The maximum atomic E-state index is 13.6. The van der Waals surface area contributed by atoms with Crippen LogP contribution in [0.4, 0.5) is 0 Å². The minimum Gasteiger partial charge on any atom is -0.507 e. The van der Waals surface area contributed by atoms with E-state index in [1.165, 1.54) is 0 Å². The molecule has 0 aliphatic carbocycles. The molecule has 0 saturated heterocycles. The number of thiol groups is 1. The Morgan fingerprint density at radius 2 is 1.00 bits per heavy atom. The first-order valence-electron chi connectivity index (χ1n) is 14.7. The molecular formula is C35H56O4S. The van der Waals surface area contributed by atoms with Crippen LogP contribution >= 0.6 is 10.9 Å².